The fraction of sp³-hybridized carbons (Fsp3) is 0.538. The number of aryl methyl sites for hydroxylation is 1. The molecule has 1 aliphatic rings. The Kier molecular flexibility index (Phi) is 3.80. The fourth-order valence-corrected chi connectivity index (χ4v) is 2.40. The van der Waals surface area contributed by atoms with E-state index in [1.54, 1.807) is 19.5 Å². The van der Waals surface area contributed by atoms with E-state index < -0.39 is 0 Å². The number of aromatic nitrogens is 4. The van der Waals surface area contributed by atoms with Gasteiger partial charge in [-0.2, -0.15) is 10.0 Å². The van der Waals surface area contributed by atoms with Crippen LogP contribution in [0.25, 0.3) is 5.78 Å². The molecule has 1 aliphatic heterocycles. The molecule has 0 spiro atoms. The number of carbonyl (C=O) groups excluding carboxylic acids is 1. The summed E-state index contributed by atoms with van der Waals surface area (Å²) in [5.41, 5.74) is 0.964. The summed E-state index contributed by atoms with van der Waals surface area (Å²) in [5, 5.41) is 9.02. The predicted molar refractivity (Wildman–Crippen MR) is 74.6 cm³/mol. The average Bonchev–Trinajstić information content (AvgIpc) is 2.91. The van der Waals surface area contributed by atoms with Gasteiger partial charge in [-0.05, 0) is 25.3 Å². The molecule has 2 aromatic heterocycles. The number of nitrogens with one attached hydrogen (secondary N) is 1. The summed E-state index contributed by atoms with van der Waals surface area (Å²) in [4.78, 5) is 25.6. The third-order valence-electron chi connectivity index (χ3n) is 3.57. The Morgan fingerprint density at radius 1 is 1.43 bits per heavy atom. The summed E-state index contributed by atoms with van der Waals surface area (Å²) in [7, 11) is 1.66. The van der Waals surface area contributed by atoms with E-state index in [4.69, 9.17) is 4.84 Å². The number of fused-ring (bicyclic) bond motifs is 1. The van der Waals surface area contributed by atoms with Crippen molar-refractivity contribution in [1.82, 2.24) is 30.0 Å². The molecule has 21 heavy (non-hydrogen) atoms. The van der Waals surface area contributed by atoms with Crippen molar-refractivity contribution >= 4 is 11.7 Å². The van der Waals surface area contributed by atoms with Gasteiger partial charge in [0.05, 0.1) is 7.11 Å². The Hall–Kier alpha value is -2.06. The van der Waals surface area contributed by atoms with Gasteiger partial charge in [0.1, 0.15) is 0 Å². The zero-order chi connectivity index (χ0) is 14.8. The quantitative estimate of drug-likeness (QED) is 0.868. The van der Waals surface area contributed by atoms with Crippen LogP contribution in [0.3, 0.4) is 0 Å². The molecule has 3 rings (SSSR count). The molecule has 0 aromatic carbocycles. The molecule has 112 valence electrons. The third-order valence-corrected chi connectivity index (χ3v) is 3.57. The number of hydrogen-bond donors (Lipinski definition) is 1. The van der Waals surface area contributed by atoms with E-state index in [0.29, 0.717) is 5.78 Å². The number of carbonyl (C=O) groups is 1. The maximum Gasteiger partial charge on any atom is 0.291 e. The number of rotatable bonds is 3. The molecule has 0 saturated carbocycles. The Labute approximate surface area is 122 Å². The molecule has 0 unspecified atom stereocenters. The number of hydroxylamine groups is 2. The molecule has 1 amide bonds. The minimum absolute atomic E-state index is 0.130. The Bertz CT molecular complexity index is 647. The van der Waals surface area contributed by atoms with E-state index in [1.165, 1.54) is 4.52 Å². The molecule has 8 nitrogen and oxygen atoms in total. The van der Waals surface area contributed by atoms with E-state index >= 15 is 0 Å². The van der Waals surface area contributed by atoms with Crippen LogP contribution in [0.2, 0.25) is 0 Å². The van der Waals surface area contributed by atoms with Crippen LogP contribution in [-0.4, -0.2) is 56.8 Å². The van der Waals surface area contributed by atoms with Crippen LogP contribution >= 0.6 is 0 Å². The topological polar surface area (TPSA) is 84.6 Å². The van der Waals surface area contributed by atoms with Crippen molar-refractivity contribution < 1.29 is 9.63 Å². The minimum atomic E-state index is -0.256. The predicted octanol–water partition coefficient (Wildman–Crippen LogP) is 0.188. The standard InChI is InChI=1S/C13H18N6O2/c1-9-7-14-13-16-11(17-19(13)8-9)12(20)15-10-3-5-18(21-2)6-4-10/h7-8,10H,3-6H2,1-2H3,(H,15,20). The van der Waals surface area contributed by atoms with Crippen molar-refractivity contribution in [2.24, 2.45) is 0 Å². The highest BCUT2D eigenvalue weighted by atomic mass is 16.7. The first kappa shape index (κ1) is 13.9. The largest absolute Gasteiger partial charge is 0.346 e. The summed E-state index contributed by atoms with van der Waals surface area (Å²) in [5.74, 6) is 0.330. The van der Waals surface area contributed by atoms with Crippen molar-refractivity contribution in [3.63, 3.8) is 0 Å². The highest BCUT2D eigenvalue weighted by molar-refractivity contribution is 5.91. The van der Waals surface area contributed by atoms with Crippen LogP contribution in [0.1, 0.15) is 29.0 Å². The van der Waals surface area contributed by atoms with Gasteiger partial charge in [0.15, 0.2) is 0 Å². The Morgan fingerprint density at radius 3 is 2.90 bits per heavy atom. The Morgan fingerprint density at radius 2 is 2.19 bits per heavy atom. The second kappa shape index (κ2) is 5.74. The van der Waals surface area contributed by atoms with Crippen LogP contribution in [-0.2, 0) is 4.84 Å². The molecule has 8 heteroatoms. The van der Waals surface area contributed by atoms with Crippen molar-refractivity contribution in [2.75, 3.05) is 20.2 Å². The summed E-state index contributed by atoms with van der Waals surface area (Å²) >= 11 is 0. The van der Waals surface area contributed by atoms with Crippen molar-refractivity contribution in [3.05, 3.63) is 23.8 Å². The van der Waals surface area contributed by atoms with Gasteiger partial charge < -0.3 is 10.2 Å². The van der Waals surface area contributed by atoms with Crippen LogP contribution < -0.4 is 5.32 Å². The van der Waals surface area contributed by atoms with Gasteiger partial charge in [-0.15, -0.1) is 5.10 Å². The Balaban J connectivity index is 1.67. The molecule has 3 heterocycles. The van der Waals surface area contributed by atoms with E-state index in [0.717, 1.165) is 31.5 Å². The van der Waals surface area contributed by atoms with Crippen LogP contribution in [0.5, 0.6) is 0 Å². The van der Waals surface area contributed by atoms with Crippen LogP contribution in [0, 0.1) is 6.92 Å². The maximum absolute atomic E-state index is 12.2. The van der Waals surface area contributed by atoms with Gasteiger partial charge in [-0.3, -0.25) is 4.79 Å². The van der Waals surface area contributed by atoms with Crippen molar-refractivity contribution in [3.8, 4) is 0 Å². The molecular formula is C13H18N6O2. The summed E-state index contributed by atoms with van der Waals surface area (Å²) in [6, 6.07) is 0.130. The van der Waals surface area contributed by atoms with Gasteiger partial charge in [0.2, 0.25) is 5.82 Å². The van der Waals surface area contributed by atoms with E-state index in [2.05, 4.69) is 20.4 Å². The minimum Gasteiger partial charge on any atom is -0.346 e. The zero-order valence-corrected chi connectivity index (χ0v) is 12.1. The normalized spacial score (nSPS) is 17.2. The second-order valence-electron chi connectivity index (χ2n) is 5.17. The lowest BCUT2D eigenvalue weighted by atomic mass is 10.1. The third kappa shape index (κ3) is 3.01. The monoisotopic (exact) mass is 290 g/mol. The molecule has 0 aliphatic carbocycles. The molecule has 0 atom stereocenters. The molecular weight excluding hydrogens is 272 g/mol. The first-order chi connectivity index (χ1) is 10.2. The van der Waals surface area contributed by atoms with E-state index in [1.807, 2.05) is 12.0 Å². The second-order valence-corrected chi connectivity index (χ2v) is 5.17. The fourth-order valence-electron chi connectivity index (χ4n) is 2.40. The van der Waals surface area contributed by atoms with E-state index in [9.17, 15) is 4.79 Å². The van der Waals surface area contributed by atoms with Crippen LogP contribution in [0.4, 0.5) is 0 Å². The lowest BCUT2D eigenvalue weighted by molar-refractivity contribution is -0.144. The number of hydrogen-bond acceptors (Lipinski definition) is 6. The highest BCUT2D eigenvalue weighted by Gasteiger charge is 2.22. The van der Waals surface area contributed by atoms with Gasteiger partial charge in [-0.25, -0.2) is 9.50 Å². The smallest absolute Gasteiger partial charge is 0.291 e. The number of nitrogens with zero attached hydrogens (tertiary/aromatic N) is 5. The summed E-state index contributed by atoms with van der Waals surface area (Å²) in [6.45, 7) is 3.53. The molecule has 0 bridgehead atoms. The van der Waals surface area contributed by atoms with Gasteiger partial charge in [-0.1, -0.05) is 0 Å². The SMILES string of the molecule is CON1CCC(NC(=O)c2nc3ncc(C)cn3n2)CC1. The zero-order valence-electron chi connectivity index (χ0n) is 12.1. The lowest BCUT2D eigenvalue weighted by Gasteiger charge is -2.30. The van der Waals surface area contributed by atoms with Gasteiger partial charge in [0, 0.05) is 31.5 Å². The van der Waals surface area contributed by atoms with E-state index in [-0.39, 0.29) is 17.8 Å². The molecule has 2 aromatic rings. The first-order valence-electron chi connectivity index (χ1n) is 6.94. The van der Waals surface area contributed by atoms with Gasteiger partial charge in [0.25, 0.3) is 11.7 Å². The maximum atomic E-state index is 12.2. The molecule has 1 fully saturated rings. The highest BCUT2D eigenvalue weighted by Crippen LogP contribution is 2.10. The molecule has 1 N–H and O–H groups in total. The first-order valence-corrected chi connectivity index (χ1v) is 6.94. The molecule has 0 radical (unpaired) electrons. The average molecular weight is 290 g/mol. The summed E-state index contributed by atoms with van der Waals surface area (Å²) < 4.78 is 1.53. The summed E-state index contributed by atoms with van der Waals surface area (Å²) in [6.07, 6.45) is 5.20. The van der Waals surface area contributed by atoms with Crippen LogP contribution in [0.15, 0.2) is 12.4 Å². The molecule has 1 saturated heterocycles. The number of amides is 1. The van der Waals surface area contributed by atoms with Crippen molar-refractivity contribution in [2.45, 2.75) is 25.8 Å². The van der Waals surface area contributed by atoms with Crippen molar-refractivity contribution in [1.29, 1.82) is 0 Å². The van der Waals surface area contributed by atoms with Gasteiger partial charge >= 0.3 is 0 Å². The lowest BCUT2D eigenvalue weighted by Crippen LogP contribution is -2.44. The number of piperidine rings is 1.